The van der Waals surface area contributed by atoms with Gasteiger partial charge in [-0.15, -0.1) is 0 Å². The van der Waals surface area contributed by atoms with Crippen LogP contribution < -0.4 is 5.73 Å². The Balaban J connectivity index is 2.28. The Kier molecular flexibility index (Phi) is 6.23. The van der Waals surface area contributed by atoms with E-state index < -0.39 is 0 Å². The number of nitrogens with two attached hydrogens (primary N) is 1. The first-order chi connectivity index (χ1) is 8.13. The highest BCUT2D eigenvalue weighted by atomic mass is 15.1. The van der Waals surface area contributed by atoms with Crippen molar-refractivity contribution in [1.82, 2.24) is 4.90 Å². The van der Waals surface area contributed by atoms with Crippen LogP contribution in [0, 0.1) is 12.8 Å². The summed E-state index contributed by atoms with van der Waals surface area (Å²) in [6.45, 7) is 7.47. The van der Waals surface area contributed by atoms with Crippen LogP contribution in [-0.4, -0.2) is 31.6 Å². The first kappa shape index (κ1) is 14.2. The molecule has 0 bridgehead atoms. The quantitative estimate of drug-likeness (QED) is 0.785. The fourth-order valence-corrected chi connectivity index (χ4v) is 1.87. The van der Waals surface area contributed by atoms with Crippen LogP contribution in [0.15, 0.2) is 24.3 Å². The molecule has 0 aliphatic heterocycles. The fourth-order valence-electron chi connectivity index (χ4n) is 1.87. The molecule has 0 aromatic heterocycles. The van der Waals surface area contributed by atoms with Gasteiger partial charge >= 0.3 is 0 Å². The van der Waals surface area contributed by atoms with Crippen LogP contribution in [0.25, 0.3) is 0 Å². The zero-order chi connectivity index (χ0) is 12.7. The Morgan fingerprint density at radius 1 is 1.24 bits per heavy atom. The molecule has 0 saturated carbocycles. The first-order valence-electron chi connectivity index (χ1n) is 6.56. The van der Waals surface area contributed by atoms with E-state index in [1.165, 1.54) is 17.5 Å². The molecule has 0 aliphatic carbocycles. The van der Waals surface area contributed by atoms with Crippen molar-refractivity contribution in [2.24, 2.45) is 11.7 Å². The van der Waals surface area contributed by atoms with Gasteiger partial charge in [0, 0.05) is 6.54 Å². The van der Waals surface area contributed by atoms with E-state index in [1.54, 1.807) is 0 Å². The molecule has 0 spiro atoms. The van der Waals surface area contributed by atoms with Crippen molar-refractivity contribution in [1.29, 1.82) is 0 Å². The smallest absolute Gasteiger partial charge is 0.00189 e. The standard InChI is InChI=1S/C15H26N2/c1-13(12-16)8-10-17(3)11-9-15-7-5-4-6-14(15)2/h4-7,13H,8-12,16H2,1-3H3. The molecule has 0 saturated heterocycles. The van der Waals surface area contributed by atoms with Crippen LogP contribution in [0.5, 0.6) is 0 Å². The number of hydrogen-bond acceptors (Lipinski definition) is 2. The lowest BCUT2D eigenvalue weighted by molar-refractivity contribution is 0.310. The fraction of sp³-hybridized carbons (Fsp3) is 0.600. The van der Waals surface area contributed by atoms with Crippen molar-refractivity contribution in [2.75, 3.05) is 26.7 Å². The summed E-state index contributed by atoms with van der Waals surface area (Å²) in [5, 5.41) is 0. The number of benzene rings is 1. The highest BCUT2D eigenvalue weighted by Crippen LogP contribution is 2.08. The molecular formula is C15H26N2. The van der Waals surface area contributed by atoms with Crippen LogP contribution in [0.4, 0.5) is 0 Å². The van der Waals surface area contributed by atoms with Gasteiger partial charge in [0.25, 0.3) is 0 Å². The SMILES string of the molecule is Cc1ccccc1CCN(C)CCC(C)CN. The average molecular weight is 234 g/mol. The third-order valence-corrected chi connectivity index (χ3v) is 3.43. The minimum absolute atomic E-state index is 0.635. The first-order valence-corrected chi connectivity index (χ1v) is 6.56. The highest BCUT2D eigenvalue weighted by molar-refractivity contribution is 5.25. The van der Waals surface area contributed by atoms with Gasteiger partial charge in [-0.3, -0.25) is 0 Å². The monoisotopic (exact) mass is 234 g/mol. The predicted molar refractivity (Wildman–Crippen MR) is 75.2 cm³/mol. The maximum Gasteiger partial charge on any atom is 0.00189 e. The van der Waals surface area contributed by atoms with Gasteiger partial charge < -0.3 is 10.6 Å². The topological polar surface area (TPSA) is 29.3 Å². The van der Waals surface area contributed by atoms with Gasteiger partial charge in [0.05, 0.1) is 0 Å². The van der Waals surface area contributed by atoms with Gasteiger partial charge in [0.15, 0.2) is 0 Å². The summed E-state index contributed by atoms with van der Waals surface area (Å²) in [5.74, 6) is 0.635. The second-order valence-corrected chi connectivity index (χ2v) is 5.11. The van der Waals surface area contributed by atoms with Gasteiger partial charge in [0.1, 0.15) is 0 Å². The molecule has 2 nitrogen and oxygen atoms in total. The van der Waals surface area contributed by atoms with Gasteiger partial charge in [-0.2, -0.15) is 0 Å². The summed E-state index contributed by atoms with van der Waals surface area (Å²) in [5.41, 5.74) is 8.49. The van der Waals surface area contributed by atoms with E-state index in [2.05, 4.69) is 50.1 Å². The van der Waals surface area contributed by atoms with E-state index in [-0.39, 0.29) is 0 Å². The van der Waals surface area contributed by atoms with Crippen molar-refractivity contribution in [3.8, 4) is 0 Å². The second kappa shape index (κ2) is 7.46. The molecule has 96 valence electrons. The molecule has 1 atom stereocenters. The van der Waals surface area contributed by atoms with E-state index in [0.717, 1.165) is 26.1 Å². The second-order valence-electron chi connectivity index (χ2n) is 5.11. The highest BCUT2D eigenvalue weighted by Gasteiger charge is 2.04. The summed E-state index contributed by atoms with van der Waals surface area (Å²) in [4.78, 5) is 2.40. The van der Waals surface area contributed by atoms with Crippen LogP contribution in [0.1, 0.15) is 24.5 Å². The van der Waals surface area contributed by atoms with Crippen LogP contribution in [0.3, 0.4) is 0 Å². The van der Waals surface area contributed by atoms with Crippen molar-refractivity contribution < 1.29 is 0 Å². The summed E-state index contributed by atoms with van der Waals surface area (Å²) in [6, 6.07) is 8.64. The van der Waals surface area contributed by atoms with Gasteiger partial charge in [-0.1, -0.05) is 31.2 Å². The summed E-state index contributed by atoms with van der Waals surface area (Å²) >= 11 is 0. The van der Waals surface area contributed by atoms with Gasteiger partial charge in [-0.05, 0) is 56.9 Å². The maximum absolute atomic E-state index is 5.62. The van der Waals surface area contributed by atoms with E-state index in [9.17, 15) is 0 Å². The van der Waals surface area contributed by atoms with E-state index in [1.807, 2.05) is 0 Å². The molecule has 1 unspecified atom stereocenters. The van der Waals surface area contributed by atoms with Crippen molar-refractivity contribution in [3.05, 3.63) is 35.4 Å². The third kappa shape index (κ3) is 5.33. The van der Waals surface area contributed by atoms with Crippen LogP contribution in [-0.2, 0) is 6.42 Å². The molecule has 17 heavy (non-hydrogen) atoms. The summed E-state index contributed by atoms with van der Waals surface area (Å²) in [7, 11) is 2.20. The molecule has 1 aromatic rings. The number of rotatable bonds is 7. The normalized spacial score (nSPS) is 13.0. The molecule has 0 amide bonds. The lowest BCUT2D eigenvalue weighted by Crippen LogP contribution is -2.25. The molecule has 2 heteroatoms. The number of nitrogens with zero attached hydrogens (tertiary/aromatic N) is 1. The summed E-state index contributed by atoms with van der Waals surface area (Å²) < 4.78 is 0. The predicted octanol–water partition coefficient (Wildman–Crippen LogP) is 2.45. The molecule has 0 heterocycles. The maximum atomic E-state index is 5.62. The molecule has 0 aliphatic rings. The van der Waals surface area contributed by atoms with E-state index in [0.29, 0.717) is 5.92 Å². The molecular weight excluding hydrogens is 208 g/mol. The zero-order valence-electron chi connectivity index (χ0n) is 11.4. The Morgan fingerprint density at radius 3 is 2.59 bits per heavy atom. The van der Waals surface area contributed by atoms with E-state index >= 15 is 0 Å². The minimum Gasteiger partial charge on any atom is -0.330 e. The Hall–Kier alpha value is -0.860. The van der Waals surface area contributed by atoms with Gasteiger partial charge in [-0.25, -0.2) is 0 Å². The summed E-state index contributed by atoms with van der Waals surface area (Å²) in [6.07, 6.45) is 2.33. The molecule has 1 rings (SSSR count). The molecule has 0 fully saturated rings. The molecule has 0 radical (unpaired) electrons. The van der Waals surface area contributed by atoms with Crippen molar-refractivity contribution >= 4 is 0 Å². The van der Waals surface area contributed by atoms with Crippen LogP contribution >= 0.6 is 0 Å². The Bertz CT molecular complexity index is 322. The number of hydrogen-bond donors (Lipinski definition) is 1. The molecule has 2 N–H and O–H groups in total. The van der Waals surface area contributed by atoms with E-state index in [4.69, 9.17) is 5.73 Å². The lowest BCUT2D eigenvalue weighted by Gasteiger charge is -2.19. The number of likely N-dealkylation sites (N-methyl/N-ethyl adjacent to an activating group) is 1. The largest absolute Gasteiger partial charge is 0.330 e. The molecule has 1 aromatic carbocycles. The lowest BCUT2D eigenvalue weighted by atomic mass is 10.1. The van der Waals surface area contributed by atoms with Crippen molar-refractivity contribution in [2.45, 2.75) is 26.7 Å². The average Bonchev–Trinajstić information content (AvgIpc) is 2.35. The Morgan fingerprint density at radius 2 is 1.94 bits per heavy atom. The zero-order valence-corrected chi connectivity index (χ0v) is 11.4. The Labute approximate surface area is 106 Å². The van der Waals surface area contributed by atoms with Crippen molar-refractivity contribution in [3.63, 3.8) is 0 Å². The van der Waals surface area contributed by atoms with Gasteiger partial charge in [0.2, 0.25) is 0 Å². The third-order valence-electron chi connectivity index (χ3n) is 3.43. The minimum atomic E-state index is 0.635. The van der Waals surface area contributed by atoms with Crippen LogP contribution in [0.2, 0.25) is 0 Å². The number of aryl methyl sites for hydroxylation is 1.